The molecule has 4 aromatic carbocycles. The summed E-state index contributed by atoms with van der Waals surface area (Å²) in [5, 5.41) is 7.90. The van der Waals surface area contributed by atoms with Gasteiger partial charge in [-0.25, -0.2) is 5.01 Å². The van der Waals surface area contributed by atoms with Crippen molar-refractivity contribution in [3.63, 3.8) is 0 Å². The summed E-state index contributed by atoms with van der Waals surface area (Å²) in [6, 6.07) is 32.6. The summed E-state index contributed by atoms with van der Waals surface area (Å²) in [5.74, 6) is 0.953. The van der Waals surface area contributed by atoms with Gasteiger partial charge in [-0.2, -0.15) is 0 Å². The third-order valence-corrected chi connectivity index (χ3v) is 6.50. The van der Waals surface area contributed by atoms with Crippen LogP contribution in [0, 0.1) is 0 Å². The summed E-state index contributed by atoms with van der Waals surface area (Å²) < 4.78 is 5.98. The molecule has 0 spiro atoms. The van der Waals surface area contributed by atoms with E-state index in [1.165, 1.54) is 6.92 Å². The van der Waals surface area contributed by atoms with Gasteiger partial charge in [-0.05, 0) is 60.2 Å². The highest BCUT2D eigenvalue weighted by Gasteiger charge is 2.39. The lowest BCUT2D eigenvalue weighted by atomic mass is 10.1. The van der Waals surface area contributed by atoms with E-state index in [0.717, 1.165) is 22.5 Å². The molecule has 0 saturated heterocycles. The van der Waals surface area contributed by atoms with Crippen molar-refractivity contribution in [1.29, 1.82) is 0 Å². The van der Waals surface area contributed by atoms with E-state index in [-0.39, 0.29) is 11.9 Å². The Morgan fingerprint density at radius 3 is 2.17 bits per heavy atom. The minimum atomic E-state index is -0.384. The largest absolute Gasteiger partial charge is 0.489 e. The molecular formula is C29H23Cl2N3O2. The number of anilines is 2. The van der Waals surface area contributed by atoms with Crippen molar-refractivity contribution < 1.29 is 9.53 Å². The van der Waals surface area contributed by atoms with Gasteiger partial charge in [-0.15, -0.1) is 5.10 Å². The Balaban J connectivity index is 1.50. The average Bonchev–Trinajstić information content (AvgIpc) is 3.30. The van der Waals surface area contributed by atoms with Crippen LogP contribution >= 0.6 is 23.2 Å². The molecule has 0 saturated carbocycles. The molecule has 1 aliphatic heterocycles. The Morgan fingerprint density at radius 1 is 0.833 bits per heavy atom. The first-order valence-electron chi connectivity index (χ1n) is 11.5. The van der Waals surface area contributed by atoms with Crippen LogP contribution in [0.2, 0.25) is 10.0 Å². The molecule has 0 N–H and O–H groups in total. The van der Waals surface area contributed by atoms with Crippen LogP contribution in [0.5, 0.6) is 5.75 Å². The van der Waals surface area contributed by atoms with Gasteiger partial charge in [0.15, 0.2) is 17.8 Å². The van der Waals surface area contributed by atoms with E-state index in [4.69, 9.17) is 33.0 Å². The van der Waals surface area contributed by atoms with Crippen molar-refractivity contribution in [1.82, 2.24) is 0 Å². The summed E-state index contributed by atoms with van der Waals surface area (Å²) in [5.41, 5.74) is 3.55. The number of para-hydroxylation sites is 1. The number of ether oxygens (including phenoxy) is 1. The lowest BCUT2D eigenvalue weighted by Crippen LogP contribution is -2.37. The zero-order valence-corrected chi connectivity index (χ0v) is 21.0. The first-order chi connectivity index (χ1) is 17.5. The van der Waals surface area contributed by atoms with Crippen LogP contribution in [0.3, 0.4) is 0 Å². The Bertz CT molecular complexity index is 1390. The zero-order chi connectivity index (χ0) is 25.1. The van der Waals surface area contributed by atoms with Crippen molar-refractivity contribution in [3.05, 3.63) is 124 Å². The minimum Gasteiger partial charge on any atom is -0.489 e. The summed E-state index contributed by atoms with van der Waals surface area (Å²) in [6.45, 7) is 1.90. The molecule has 5 rings (SSSR count). The monoisotopic (exact) mass is 515 g/mol. The van der Waals surface area contributed by atoms with Crippen LogP contribution in [0.4, 0.5) is 11.4 Å². The molecule has 0 unspecified atom stereocenters. The fourth-order valence-electron chi connectivity index (χ4n) is 4.12. The van der Waals surface area contributed by atoms with E-state index in [0.29, 0.717) is 28.2 Å². The molecule has 1 heterocycles. The van der Waals surface area contributed by atoms with Crippen LogP contribution in [-0.2, 0) is 11.4 Å². The molecule has 7 heteroatoms. The Kier molecular flexibility index (Phi) is 6.94. The van der Waals surface area contributed by atoms with Gasteiger partial charge < -0.3 is 4.74 Å². The van der Waals surface area contributed by atoms with Crippen LogP contribution in [-0.4, -0.2) is 11.6 Å². The van der Waals surface area contributed by atoms with Crippen molar-refractivity contribution in [2.45, 2.75) is 19.7 Å². The van der Waals surface area contributed by atoms with E-state index in [1.54, 1.807) is 0 Å². The molecule has 0 radical (unpaired) electrons. The number of Topliss-reactive ketones (excluding diaryl/α,β-unsaturated/α-hetero) is 1. The van der Waals surface area contributed by atoms with E-state index < -0.39 is 0 Å². The standard InChI is InChI=1S/C29H23Cl2N3O2/c1-20(35)28-32-34(25-15-13-23(30)14-16-25)29(33(28)24-8-3-2-4-9-24)21-11-17-26(18-12-21)36-19-22-7-5-6-10-27(22)31/h2-18,29H,19H2,1H3/t29-/m1/s1. The fourth-order valence-corrected chi connectivity index (χ4v) is 4.43. The van der Waals surface area contributed by atoms with Gasteiger partial charge in [0, 0.05) is 28.2 Å². The minimum absolute atomic E-state index is 0.125. The van der Waals surface area contributed by atoms with Gasteiger partial charge in [0.1, 0.15) is 12.4 Å². The Morgan fingerprint density at radius 2 is 1.50 bits per heavy atom. The van der Waals surface area contributed by atoms with Crippen LogP contribution in [0.15, 0.2) is 108 Å². The van der Waals surface area contributed by atoms with E-state index in [9.17, 15) is 4.79 Å². The van der Waals surface area contributed by atoms with Gasteiger partial charge in [0.2, 0.25) is 0 Å². The number of nitrogens with zero attached hydrogens (tertiary/aromatic N) is 3. The van der Waals surface area contributed by atoms with Gasteiger partial charge in [0.05, 0.1) is 5.69 Å². The number of carbonyl (C=O) groups excluding carboxylic acids is 1. The highest BCUT2D eigenvalue weighted by atomic mass is 35.5. The number of amidine groups is 1. The molecule has 0 bridgehead atoms. The zero-order valence-electron chi connectivity index (χ0n) is 19.5. The van der Waals surface area contributed by atoms with Crippen molar-refractivity contribution in [2.75, 3.05) is 9.91 Å². The summed E-state index contributed by atoms with van der Waals surface area (Å²) in [4.78, 5) is 14.6. The molecule has 0 aromatic heterocycles. The van der Waals surface area contributed by atoms with Gasteiger partial charge in [-0.3, -0.25) is 9.69 Å². The summed E-state index contributed by atoms with van der Waals surface area (Å²) in [7, 11) is 0. The fraction of sp³-hybridized carbons (Fsp3) is 0.103. The lowest BCUT2D eigenvalue weighted by molar-refractivity contribution is -0.111. The molecule has 1 atom stereocenters. The maximum Gasteiger partial charge on any atom is 0.198 e. The van der Waals surface area contributed by atoms with Crippen molar-refractivity contribution >= 4 is 46.2 Å². The second-order valence-electron chi connectivity index (χ2n) is 8.33. The molecular weight excluding hydrogens is 493 g/mol. The molecule has 0 aliphatic carbocycles. The number of hydrogen-bond donors (Lipinski definition) is 0. The van der Waals surface area contributed by atoms with Gasteiger partial charge in [0.25, 0.3) is 0 Å². The van der Waals surface area contributed by atoms with Crippen molar-refractivity contribution in [2.24, 2.45) is 5.10 Å². The average molecular weight is 516 g/mol. The SMILES string of the molecule is CC(=O)C1=NN(c2ccc(Cl)cc2)[C@H](c2ccc(OCc3ccccc3Cl)cc2)N1c1ccccc1. The first kappa shape index (κ1) is 23.9. The van der Waals surface area contributed by atoms with Gasteiger partial charge >= 0.3 is 0 Å². The van der Waals surface area contributed by atoms with Crippen LogP contribution in [0.1, 0.15) is 24.2 Å². The number of ketones is 1. The number of hydrogen-bond acceptors (Lipinski definition) is 5. The van der Waals surface area contributed by atoms with E-state index in [1.807, 2.05) is 113 Å². The third-order valence-electron chi connectivity index (χ3n) is 5.88. The topological polar surface area (TPSA) is 45.1 Å². The van der Waals surface area contributed by atoms with Crippen LogP contribution < -0.4 is 14.6 Å². The lowest BCUT2D eigenvalue weighted by Gasteiger charge is -2.32. The Labute approximate surface area is 220 Å². The molecule has 0 fully saturated rings. The highest BCUT2D eigenvalue weighted by molar-refractivity contribution is 6.44. The predicted molar refractivity (Wildman–Crippen MR) is 146 cm³/mol. The van der Waals surface area contributed by atoms with Gasteiger partial charge in [-0.1, -0.05) is 71.7 Å². The number of benzene rings is 4. The van der Waals surface area contributed by atoms with Crippen LogP contribution in [0.25, 0.3) is 0 Å². The maximum atomic E-state index is 12.7. The highest BCUT2D eigenvalue weighted by Crippen LogP contribution is 2.39. The number of hydrazone groups is 1. The number of halogens is 2. The van der Waals surface area contributed by atoms with E-state index in [2.05, 4.69) is 0 Å². The number of carbonyl (C=O) groups is 1. The van der Waals surface area contributed by atoms with E-state index >= 15 is 0 Å². The molecule has 36 heavy (non-hydrogen) atoms. The molecule has 180 valence electrons. The number of rotatable bonds is 7. The molecule has 4 aromatic rings. The second kappa shape index (κ2) is 10.4. The summed E-state index contributed by atoms with van der Waals surface area (Å²) >= 11 is 12.4. The second-order valence-corrected chi connectivity index (χ2v) is 9.17. The quantitative estimate of drug-likeness (QED) is 0.255. The maximum absolute atomic E-state index is 12.7. The smallest absolute Gasteiger partial charge is 0.198 e. The normalized spacial score (nSPS) is 15.1. The molecule has 0 amide bonds. The third kappa shape index (κ3) is 4.94. The molecule has 1 aliphatic rings. The molecule has 5 nitrogen and oxygen atoms in total. The first-order valence-corrected chi connectivity index (χ1v) is 12.2. The predicted octanol–water partition coefficient (Wildman–Crippen LogP) is 7.50. The summed E-state index contributed by atoms with van der Waals surface area (Å²) in [6.07, 6.45) is -0.384. The van der Waals surface area contributed by atoms with Crippen molar-refractivity contribution in [3.8, 4) is 5.75 Å². The Hall–Kier alpha value is -3.80.